The standard InChI is InChI=1S/C22H16BrN3O/c23-17-13-10-16(11-14-17)12-15-21-24-22(19-8-4-5-9-20(19)27)26(25-21)18-6-2-1-3-7-18/h1-15,27H/b15-12-. The first-order valence-corrected chi connectivity index (χ1v) is 9.24. The van der Waals surface area contributed by atoms with Crippen molar-refractivity contribution in [2.45, 2.75) is 0 Å². The maximum atomic E-state index is 10.3. The van der Waals surface area contributed by atoms with Crippen LogP contribution in [0.3, 0.4) is 0 Å². The molecule has 0 radical (unpaired) electrons. The van der Waals surface area contributed by atoms with Crippen LogP contribution in [0.5, 0.6) is 5.75 Å². The molecule has 0 aliphatic carbocycles. The highest BCUT2D eigenvalue weighted by Gasteiger charge is 2.15. The highest BCUT2D eigenvalue weighted by molar-refractivity contribution is 9.10. The number of benzene rings is 3. The predicted molar refractivity (Wildman–Crippen MR) is 112 cm³/mol. The summed E-state index contributed by atoms with van der Waals surface area (Å²) in [6, 6.07) is 24.9. The van der Waals surface area contributed by atoms with Crippen LogP contribution in [-0.2, 0) is 0 Å². The van der Waals surface area contributed by atoms with Crippen LogP contribution < -0.4 is 0 Å². The van der Waals surface area contributed by atoms with Gasteiger partial charge in [0.2, 0.25) is 0 Å². The zero-order valence-electron chi connectivity index (χ0n) is 14.3. The number of aromatic nitrogens is 3. The van der Waals surface area contributed by atoms with Crippen LogP contribution in [0.4, 0.5) is 0 Å². The molecule has 1 N–H and O–H groups in total. The van der Waals surface area contributed by atoms with Gasteiger partial charge in [0.15, 0.2) is 11.6 Å². The summed E-state index contributed by atoms with van der Waals surface area (Å²) in [5.41, 5.74) is 2.57. The third-order valence-corrected chi connectivity index (χ3v) is 4.59. The number of phenolic OH excluding ortho intramolecular Hbond substituents is 1. The third-order valence-electron chi connectivity index (χ3n) is 4.06. The topological polar surface area (TPSA) is 50.9 Å². The van der Waals surface area contributed by atoms with Gasteiger partial charge >= 0.3 is 0 Å². The zero-order chi connectivity index (χ0) is 18.6. The Morgan fingerprint density at radius 1 is 0.815 bits per heavy atom. The average Bonchev–Trinajstić information content (AvgIpc) is 3.13. The van der Waals surface area contributed by atoms with Crippen LogP contribution >= 0.6 is 15.9 Å². The van der Waals surface area contributed by atoms with Crippen LogP contribution in [-0.4, -0.2) is 19.9 Å². The van der Waals surface area contributed by atoms with E-state index in [1.165, 1.54) is 0 Å². The summed E-state index contributed by atoms with van der Waals surface area (Å²) < 4.78 is 2.78. The number of phenols is 1. The lowest BCUT2D eigenvalue weighted by atomic mass is 10.2. The second-order valence-electron chi connectivity index (χ2n) is 5.94. The summed E-state index contributed by atoms with van der Waals surface area (Å²) in [7, 11) is 0. The molecule has 27 heavy (non-hydrogen) atoms. The maximum absolute atomic E-state index is 10.3. The van der Waals surface area contributed by atoms with E-state index >= 15 is 0 Å². The molecule has 0 aliphatic heterocycles. The smallest absolute Gasteiger partial charge is 0.175 e. The van der Waals surface area contributed by atoms with E-state index in [4.69, 9.17) is 0 Å². The van der Waals surface area contributed by atoms with Gasteiger partial charge in [-0.25, -0.2) is 9.67 Å². The minimum atomic E-state index is 0.172. The van der Waals surface area contributed by atoms with E-state index in [2.05, 4.69) is 26.0 Å². The summed E-state index contributed by atoms with van der Waals surface area (Å²) in [6.07, 6.45) is 3.83. The molecule has 0 saturated heterocycles. The third kappa shape index (κ3) is 3.83. The largest absolute Gasteiger partial charge is 0.507 e. The molecule has 0 aliphatic rings. The lowest BCUT2D eigenvalue weighted by Crippen LogP contribution is -1.99. The minimum absolute atomic E-state index is 0.172. The molecular formula is C22H16BrN3O. The van der Waals surface area contributed by atoms with Gasteiger partial charge in [-0.2, -0.15) is 0 Å². The van der Waals surface area contributed by atoms with Crippen molar-refractivity contribution in [2.24, 2.45) is 0 Å². The monoisotopic (exact) mass is 417 g/mol. The van der Waals surface area contributed by atoms with Gasteiger partial charge in [0.05, 0.1) is 11.3 Å². The van der Waals surface area contributed by atoms with Crippen molar-refractivity contribution in [1.82, 2.24) is 14.8 Å². The molecule has 0 fully saturated rings. The summed E-state index contributed by atoms with van der Waals surface area (Å²) in [5.74, 6) is 1.33. The van der Waals surface area contributed by atoms with Gasteiger partial charge in [0, 0.05) is 4.47 Å². The van der Waals surface area contributed by atoms with Crippen LogP contribution in [0.15, 0.2) is 83.3 Å². The Balaban J connectivity index is 1.78. The van der Waals surface area contributed by atoms with Crippen molar-refractivity contribution in [2.75, 3.05) is 0 Å². The van der Waals surface area contributed by atoms with Crippen LogP contribution in [0.1, 0.15) is 11.4 Å². The molecule has 0 atom stereocenters. The van der Waals surface area contributed by atoms with Crippen molar-refractivity contribution in [1.29, 1.82) is 0 Å². The Hall–Kier alpha value is -3.18. The summed E-state index contributed by atoms with van der Waals surface area (Å²) in [6.45, 7) is 0. The summed E-state index contributed by atoms with van der Waals surface area (Å²) in [5, 5.41) is 14.9. The second-order valence-corrected chi connectivity index (χ2v) is 6.86. The zero-order valence-corrected chi connectivity index (χ0v) is 15.9. The molecule has 0 unspecified atom stereocenters. The van der Waals surface area contributed by atoms with Gasteiger partial charge in [-0.3, -0.25) is 0 Å². The highest BCUT2D eigenvalue weighted by atomic mass is 79.9. The van der Waals surface area contributed by atoms with Gasteiger partial charge in [-0.1, -0.05) is 64.5 Å². The van der Waals surface area contributed by atoms with E-state index in [1.54, 1.807) is 16.8 Å². The molecule has 0 amide bonds. The van der Waals surface area contributed by atoms with Crippen LogP contribution in [0.2, 0.25) is 0 Å². The molecular weight excluding hydrogens is 402 g/mol. The second kappa shape index (κ2) is 7.60. The van der Waals surface area contributed by atoms with Crippen molar-refractivity contribution in [3.05, 3.63) is 94.7 Å². The van der Waals surface area contributed by atoms with E-state index in [0.717, 1.165) is 15.7 Å². The molecule has 4 nitrogen and oxygen atoms in total. The minimum Gasteiger partial charge on any atom is -0.507 e. The van der Waals surface area contributed by atoms with Gasteiger partial charge in [-0.05, 0) is 48.0 Å². The first kappa shape index (κ1) is 17.2. The lowest BCUT2D eigenvalue weighted by molar-refractivity contribution is 0.476. The molecule has 1 heterocycles. The molecule has 5 heteroatoms. The molecule has 4 rings (SSSR count). The SMILES string of the molecule is Oc1ccccc1-c1nc(/C=C\c2ccc(Br)cc2)nn1-c1ccccc1. The van der Waals surface area contributed by atoms with Crippen LogP contribution in [0, 0.1) is 0 Å². The predicted octanol–water partition coefficient (Wildman–Crippen LogP) is 5.57. The normalized spacial score (nSPS) is 11.1. The Kier molecular flexibility index (Phi) is 4.85. The lowest BCUT2D eigenvalue weighted by Gasteiger charge is -2.06. The molecule has 0 bridgehead atoms. The van der Waals surface area contributed by atoms with Crippen molar-refractivity contribution < 1.29 is 5.11 Å². The molecule has 3 aromatic carbocycles. The number of nitrogens with zero attached hydrogens (tertiary/aromatic N) is 3. The fraction of sp³-hybridized carbons (Fsp3) is 0. The number of para-hydroxylation sites is 2. The molecule has 132 valence electrons. The summed E-state index contributed by atoms with van der Waals surface area (Å²) >= 11 is 3.44. The van der Waals surface area contributed by atoms with E-state index in [9.17, 15) is 5.11 Å². The number of halogens is 1. The average molecular weight is 418 g/mol. The maximum Gasteiger partial charge on any atom is 0.175 e. The Morgan fingerprint density at radius 3 is 2.26 bits per heavy atom. The van der Waals surface area contributed by atoms with Crippen molar-refractivity contribution >= 4 is 28.1 Å². The van der Waals surface area contributed by atoms with Gasteiger partial charge < -0.3 is 5.11 Å². The van der Waals surface area contributed by atoms with Gasteiger partial charge in [-0.15, -0.1) is 5.10 Å². The quantitative estimate of drug-likeness (QED) is 0.471. The number of rotatable bonds is 4. The molecule has 0 saturated carbocycles. The number of aromatic hydroxyl groups is 1. The Labute approximate surface area is 165 Å². The van der Waals surface area contributed by atoms with Crippen LogP contribution in [0.25, 0.3) is 29.2 Å². The van der Waals surface area contributed by atoms with Gasteiger partial charge in [0.1, 0.15) is 5.75 Å². The van der Waals surface area contributed by atoms with Gasteiger partial charge in [0.25, 0.3) is 0 Å². The molecule has 4 aromatic rings. The first-order chi connectivity index (χ1) is 13.2. The van der Waals surface area contributed by atoms with E-state index < -0.39 is 0 Å². The van der Waals surface area contributed by atoms with Crippen molar-refractivity contribution in [3.8, 4) is 22.8 Å². The fourth-order valence-corrected chi connectivity index (χ4v) is 2.99. The van der Waals surface area contributed by atoms with E-state index in [-0.39, 0.29) is 5.75 Å². The number of hydrogen-bond acceptors (Lipinski definition) is 3. The van der Waals surface area contributed by atoms with Crippen molar-refractivity contribution in [3.63, 3.8) is 0 Å². The Bertz CT molecular complexity index is 1090. The van der Waals surface area contributed by atoms with E-state index in [0.29, 0.717) is 17.2 Å². The highest BCUT2D eigenvalue weighted by Crippen LogP contribution is 2.29. The molecule has 0 spiro atoms. The number of hydrogen-bond donors (Lipinski definition) is 1. The molecule has 1 aromatic heterocycles. The van der Waals surface area contributed by atoms with E-state index in [1.807, 2.05) is 78.9 Å². The Morgan fingerprint density at radius 2 is 1.52 bits per heavy atom. The summed E-state index contributed by atoms with van der Waals surface area (Å²) in [4.78, 5) is 4.65. The fourth-order valence-electron chi connectivity index (χ4n) is 2.73. The first-order valence-electron chi connectivity index (χ1n) is 8.45.